The Labute approximate surface area is 203 Å². The lowest BCUT2D eigenvalue weighted by atomic mass is 10.2. The monoisotopic (exact) mass is 487 g/mol. The summed E-state index contributed by atoms with van der Waals surface area (Å²) in [4.78, 5) is 0. The van der Waals surface area contributed by atoms with Crippen molar-refractivity contribution >= 4 is 0 Å². The highest BCUT2D eigenvalue weighted by Crippen LogP contribution is 2.19. The molecule has 2 atom stereocenters. The van der Waals surface area contributed by atoms with Crippen LogP contribution in [-0.4, -0.2) is 29.0 Å². The number of halogens is 3. The maximum Gasteiger partial charge on any atom is 0.144 e. The zero-order chi connectivity index (χ0) is 25.5. The van der Waals surface area contributed by atoms with Gasteiger partial charge in [0.25, 0.3) is 0 Å². The zero-order valence-electron chi connectivity index (χ0n) is 19.1. The first-order valence-electron chi connectivity index (χ1n) is 11.0. The zero-order valence-corrected chi connectivity index (χ0v) is 19.1. The van der Waals surface area contributed by atoms with Crippen molar-refractivity contribution in [3.05, 3.63) is 107 Å². The van der Waals surface area contributed by atoms with Crippen molar-refractivity contribution in [3.8, 4) is 6.07 Å². The lowest BCUT2D eigenvalue weighted by molar-refractivity contribution is -0.00505. The number of ether oxygens (including phenoxy) is 2. The van der Waals surface area contributed by atoms with Gasteiger partial charge in [-0.2, -0.15) is 5.26 Å². The second-order valence-electron chi connectivity index (χ2n) is 7.67. The van der Waals surface area contributed by atoms with E-state index >= 15 is 0 Å². The number of aliphatic hydroxyl groups excluding tert-OH is 2. The fraction of sp³-hybridized carbons (Fsp3) is 0.296. The van der Waals surface area contributed by atoms with Crippen LogP contribution in [0.15, 0.2) is 72.8 Å². The normalized spacial score (nSPS) is 16.3. The van der Waals surface area contributed by atoms with Crippen molar-refractivity contribution in [2.45, 2.75) is 44.9 Å². The van der Waals surface area contributed by atoms with Gasteiger partial charge in [0.05, 0.1) is 38.6 Å². The van der Waals surface area contributed by atoms with E-state index in [0.717, 1.165) is 18.4 Å². The molecule has 0 aliphatic carbocycles. The van der Waals surface area contributed by atoms with E-state index in [4.69, 9.17) is 24.9 Å². The number of nitriles is 1. The highest BCUT2D eigenvalue weighted by Gasteiger charge is 2.24. The molecule has 1 heterocycles. The Hall–Kier alpha value is -3.22. The Kier molecular flexibility index (Phi) is 12.5. The Morgan fingerprint density at radius 3 is 1.69 bits per heavy atom. The Morgan fingerprint density at radius 1 is 0.800 bits per heavy atom. The number of nitrogens with zero attached hydrogens (tertiary/aromatic N) is 1. The molecule has 0 radical (unpaired) electrons. The molecule has 0 unspecified atom stereocenters. The molecule has 0 saturated carbocycles. The molecule has 0 amide bonds. The number of hydrogen-bond acceptors (Lipinski definition) is 5. The van der Waals surface area contributed by atoms with Gasteiger partial charge in [0.2, 0.25) is 0 Å². The van der Waals surface area contributed by atoms with Crippen molar-refractivity contribution in [1.82, 2.24) is 0 Å². The van der Waals surface area contributed by atoms with Gasteiger partial charge in [-0.25, -0.2) is 13.2 Å². The summed E-state index contributed by atoms with van der Waals surface area (Å²) in [5.74, 6) is -0.865. The minimum absolute atomic E-state index is 0.00629. The predicted molar refractivity (Wildman–Crippen MR) is 124 cm³/mol. The van der Waals surface area contributed by atoms with Crippen molar-refractivity contribution in [2.24, 2.45) is 0 Å². The fourth-order valence-electron chi connectivity index (χ4n) is 3.13. The van der Waals surface area contributed by atoms with Gasteiger partial charge in [-0.3, -0.25) is 0 Å². The molecule has 5 nitrogen and oxygen atoms in total. The van der Waals surface area contributed by atoms with Gasteiger partial charge in [-0.05, 0) is 65.9 Å². The van der Waals surface area contributed by atoms with Crippen LogP contribution in [0, 0.1) is 28.8 Å². The van der Waals surface area contributed by atoms with E-state index in [1.807, 2.05) is 6.07 Å². The van der Waals surface area contributed by atoms with E-state index in [1.165, 1.54) is 36.4 Å². The average molecular weight is 488 g/mol. The van der Waals surface area contributed by atoms with Gasteiger partial charge in [0.15, 0.2) is 0 Å². The van der Waals surface area contributed by atoms with Crippen LogP contribution in [0.5, 0.6) is 0 Å². The molecule has 1 aliphatic heterocycles. The second kappa shape index (κ2) is 15.6. The number of aliphatic hydroxyl groups is 2. The van der Waals surface area contributed by atoms with E-state index in [0.29, 0.717) is 24.3 Å². The third kappa shape index (κ3) is 11.2. The maximum atomic E-state index is 12.9. The molecular weight excluding hydrogens is 459 g/mol. The minimum Gasteiger partial charge on any atom is -0.392 e. The molecule has 0 aromatic heterocycles. The van der Waals surface area contributed by atoms with E-state index in [2.05, 4.69) is 6.07 Å². The smallest absolute Gasteiger partial charge is 0.144 e. The average Bonchev–Trinajstić information content (AvgIpc) is 3.33. The number of rotatable bonds is 6. The van der Waals surface area contributed by atoms with Crippen LogP contribution in [0.4, 0.5) is 13.2 Å². The van der Waals surface area contributed by atoms with Gasteiger partial charge in [0.1, 0.15) is 23.6 Å². The van der Waals surface area contributed by atoms with Crippen molar-refractivity contribution < 1.29 is 32.9 Å². The van der Waals surface area contributed by atoms with Gasteiger partial charge in [0, 0.05) is 0 Å². The molecule has 1 aliphatic rings. The topological polar surface area (TPSA) is 82.7 Å². The fourth-order valence-corrected chi connectivity index (χ4v) is 3.13. The standard InChI is InChI=1S/C13H14FNO2.2C7H7FO/c14-11-3-1-2-10(6-11)8-16-9-13-5-4-12(7-15)17-13;2*8-7-3-1-2-6(4-7)5-9/h1-3,6,12-13H,4-5,8-9H2;2*1-4,9H,5H2/t12-,13+;;/m1../s1. The second-order valence-corrected chi connectivity index (χ2v) is 7.67. The summed E-state index contributed by atoms with van der Waals surface area (Å²) in [7, 11) is 0. The summed E-state index contributed by atoms with van der Waals surface area (Å²) in [5.41, 5.74) is 2.02. The van der Waals surface area contributed by atoms with Gasteiger partial charge < -0.3 is 19.7 Å². The van der Waals surface area contributed by atoms with Gasteiger partial charge >= 0.3 is 0 Å². The van der Waals surface area contributed by atoms with E-state index < -0.39 is 0 Å². The SMILES string of the molecule is N#C[C@H]1CC[C@@H](COCc2cccc(F)c2)O1.OCc1cccc(F)c1.OCc1cccc(F)c1. The van der Waals surface area contributed by atoms with E-state index in [9.17, 15) is 13.2 Å². The highest BCUT2D eigenvalue weighted by atomic mass is 19.1. The molecule has 0 bridgehead atoms. The van der Waals surface area contributed by atoms with Crippen molar-refractivity contribution in [2.75, 3.05) is 6.61 Å². The van der Waals surface area contributed by atoms with E-state index in [-0.39, 0.29) is 42.9 Å². The van der Waals surface area contributed by atoms with Crippen LogP contribution < -0.4 is 0 Å². The van der Waals surface area contributed by atoms with Crippen molar-refractivity contribution in [1.29, 1.82) is 5.26 Å². The third-order valence-electron chi connectivity index (χ3n) is 4.86. The first-order chi connectivity index (χ1) is 16.9. The maximum absolute atomic E-state index is 12.9. The molecule has 0 spiro atoms. The summed E-state index contributed by atoms with van der Waals surface area (Å²) in [5, 5.41) is 25.7. The number of benzene rings is 3. The first-order valence-corrected chi connectivity index (χ1v) is 11.0. The molecule has 35 heavy (non-hydrogen) atoms. The van der Waals surface area contributed by atoms with Crippen LogP contribution in [-0.2, 0) is 29.3 Å². The molecule has 1 saturated heterocycles. The summed E-state index contributed by atoms with van der Waals surface area (Å²) < 4.78 is 48.2. The summed E-state index contributed by atoms with van der Waals surface area (Å²) in [6.45, 7) is 0.624. The van der Waals surface area contributed by atoms with Crippen LogP contribution >= 0.6 is 0 Å². The lowest BCUT2D eigenvalue weighted by Gasteiger charge is -2.10. The van der Waals surface area contributed by atoms with Crippen LogP contribution in [0.25, 0.3) is 0 Å². The first kappa shape index (κ1) is 28.0. The van der Waals surface area contributed by atoms with Crippen LogP contribution in [0.1, 0.15) is 29.5 Å². The number of hydrogen-bond donors (Lipinski definition) is 2. The third-order valence-corrected chi connectivity index (χ3v) is 4.86. The van der Waals surface area contributed by atoms with Gasteiger partial charge in [-0.15, -0.1) is 0 Å². The summed E-state index contributed by atoms with van der Waals surface area (Å²) in [6.07, 6.45) is 1.32. The van der Waals surface area contributed by atoms with Crippen molar-refractivity contribution in [3.63, 3.8) is 0 Å². The molecule has 3 aromatic rings. The van der Waals surface area contributed by atoms with E-state index in [1.54, 1.807) is 30.3 Å². The Balaban J connectivity index is 0.000000203. The highest BCUT2D eigenvalue weighted by molar-refractivity contribution is 5.16. The largest absolute Gasteiger partial charge is 0.392 e. The summed E-state index contributed by atoms with van der Waals surface area (Å²) >= 11 is 0. The van der Waals surface area contributed by atoms with Gasteiger partial charge in [-0.1, -0.05) is 36.4 Å². The molecule has 3 aromatic carbocycles. The lowest BCUT2D eigenvalue weighted by Crippen LogP contribution is -2.16. The minimum atomic E-state index is -0.304. The molecule has 1 fully saturated rings. The molecule has 4 rings (SSSR count). The predicted octanol–water partition coefficient (Wildman–Crippen LogP) is 5.05. The molecule has 186 valence electrons. The van der Waals surface area contributed by atoms with Crippen LogP contribution in [0.3, 0.4) is 0 Å². The molecular formula is C27H28F3NO4. The Bertz CT molecular complexity index is 1030. The Morgan fingerprint density at radius 2 is 1.29 bits per heavy atom. The molecule has 2 N–H and O–H groups in total. The molecule has 8 heteroatoms. The van der Waals surface area contributed by atoms with Crippen LogP contribution in [0.2, 0.25) is 0 Å². The summed E-state index contributed by atoms with van der Waals surface area (Å²) in [6, 6.07) is 20.2. The quantitative estimate of drug-likeness (QED) is 0.509.